The molecule has 2 unspecified atom stereocenters. The number of nitrogens with one attached hydrogen (secondary N) is 2. The number of ether oxygens (including phenoxy) is 1. The molecular formula is C27H38F3N3O4. The SMILES string of the molecule is CC(C)(C)C(NC(=O)C1=NC(CC2CCCCC2)Cc2ccc(OC(F)(F)F)cc21)C(=O)NCCCO. The third-order valence-corrected chi connectivity index (χ3v) is 6.92. The van der Waals surface area contributed by atoms with Crippen molar-refractivity contribution in [1.82, 2.24) is 10.6 Å². The molecule has 0 radical (unpaired) electrons. The van der Waals surface area contributed by atoms with Crippen LogP contribution in [0.15, 0.2) is 23.2 Å². The molecule has 0 saturated heterocycles. The highest BCUT2D eigenvalue weighted by Crippen LogP contribution is 2.33. The first kappa shape index (κ1) is 28.9. The van der Waals surface area contributed by atoms with E-state index in [0.29, 0.717) is 18.8 Å². The zero-order valence-electron chi connectivity index (χ0n) is 21.8. The molecule has 7 nitrogen and oxygen atoms in total. The van der Waals surface area contributed by atoms with Crippen molar-refractivity contribution >= 4 is 17.5 Å². The largest absolute Gasteiger partial charge is 0.573 e. The van der Waals surface area contributed by atoms with E-state index < -0.39 is 35.4 Å². The Morgan fingerprint density at radius 1 is 1.16 bits per heavy atom. The molecule has 10 heteroatoms. The first-order valence-electron chi connectivity index (χ1n) is 13.0. The molecule has 1 heterocycles. The summed E-state index contributed by atoms with van der Waals surface area (Å²) in [5.74, 6) is -0.942. The van der Waals surface area contributed by atoms with E-state index in [-0.39, 0.29) is 30.5 Å². The van der Waals surface area contributed by atoms with Gasteiger partial charge in [-0.2, -0.15) is 0 Å². The summed E-state index contributed by atoms with van der Waals surface area (Å²) in [6, 6.07) is 2.94. The molecule has 206 valence electrons. The van der Waals surface area contributed by atoms with E-state index in [1.807, 2.05) is 0 Å². The minimum atomic E-state index is -4.87. The Bertz CT molecular complexity index is 982. The molecule has 3 N–H and O–H groups in total. The van der Waals surface area contributed by atoms with Crippen LogP contribution < -0.4 is 15.4 Å². The van der Waals surface area contributed by atoms with Gasteiger partial charge in [0.05, 0.1) is 6.04 Å². The first-order valence-corrected chi connectivity index (χ1v) is 13.0. The molecule has 0 bridgehead atoms. The Morgan fingerprint density at radius 2 is 1.86 bits per heavy atom. The Kier molecular flexibility index (Phi) is 9.61. The Balaban J connectivity index is 1.90. The van der Waals surface area contributed by atoms with Gasteiger partial charge in [-0.3, -0.25) is 14.6 Å². The maximum atomic E-state index is 13.6. The van der Waals surface area contributed by atoms with Crippen molar-refractivity contribution in [3.05, 3.63) is 29.3 Å². The molecule has 2 amide bonds. The molecule has 1 saturated carbocycles. The Labute approximate surface area is 216 Å². The molecule has 1 aliphatic heterocycles. The van der Waals surface area contributed by atoms with Crippen LogP contribution in [0, 0.1) is 11.3 Å². The van der Waals surface area contributed by atoms with Gasteiger partial charge in [-0.15, -0.1) is 13.2 Å². The second kappa shape index (κ2) is 12.3. The van der Waals surface area contributed by atoms with Crippen LogP contribution in [0.5, 0.6) is 5.75 Å². The standard InChI is InChI=1S/C27H38F3N3O4/c1-26(2,3)23(25(36)31-12-7-13-34)33-24(35)22-21-16-20(37-27(28,29)30)11-10-18(21)15-19(32-22)14-17-8-5-4-6-9-17/h10-11,16-17,19,23,34H,4-9,12-15H2,1-3H3,(H,31,36)(H,33,35). The van der Waals surface area contributed by atoms with Crippen molar-refractivity contribution in [2.75, 3.05) is 13.2 Å². The van der Waals surface area contributed by atoms with Gasteiger partial charge in [0.2, 0.25) is 5.91 Å². The van der Waals surface area contributed by atoms with Gasteiger partial charge < -0.3 is 20.5 Å². The highest BCUT2D eigenvalue weighted by molar-refractivity contribution is 6.46. The highest BCUT2D eigenvalue weighted by Gasteiger charge is 2.36. The number of carbonyl (C=O) groups excluding carboxylic acids is 2. The van der Waals surface area contributed by atoms with Crippen LogP contribution in [-0.2, 0) is 16.0 Å². The van der Waals surface area contributed by atoms with Gasteiger partial charge in [-0.25, -0.2) is 0 Å². The van der Waals surface area contributed by atoms with Gasteiger partial charge in [-0.05, 0) is 48.3 Å². The lowest BCUT2D eigenvalue weighted by molar-refractivity contribution is -0.274. The van der Waals surface area contributed by atoms with E-state index in [4.69, 9.17) is 10.1 Å². The number of rotatable bonds is 9. The molecule has 0 aromatic heterocycles. The molecule has 1 aromatic rings. The molecule has 37 heavy (non-hydrogen) atoms. The van der Waals surface area contributed by atoms with E-state index in [1.54, 1.807) is 26.8 Å². The van der Waals surface area contributed by atoms with Gasteiger partial charge in [0.1, 0.15) is 17.5 Å². The molecule has 0 spiro atoms. The lowest BCUT2D eigenvalue weighted by atomic mass is 9.82. The van der Waals surface area contributed by atoms with Crippen molar-refractivity contribution in [2.24, 2.45) is 16.3 Å². The molecule has 1 aliphatic carbocycles. The second-order valence-corrected chi connectivity index (χ2v) is 11.1. The summed E-state index contributed by atoms with van der Waals surface area (Å²) in [5, 5.41) is 14.5. The average molecular weight is 526 g/mol. The lowest BCUT2D eigenvalue weighted by Crippen LogP contribution is -2.55. The van der Waals surface area contributed by atoms with Crippen molar-refractivity contribution < 1.29 is 32.6 Å². The maximum absolute atomic E-state index is 13.6. The van der Waals surface area contributed by atoms with E-state index in [1.165, 1.54) is 31.4 Å². The van der Waals surface area contributed by atoms with Crippen LogP contribution in [0.2, 0.25) is 0 Å². The predicted molar refractivity (Wildman–Crippen MR) is 134 cm³/mol. The zero-order chi connectivity index (χ0) is 27.2. The number of aliphatic hydroxyl groups is 1. The summed E-state index contributed by atoms with van der Waals surface area (Å²) < 4.78 is 42.7. The fraction of sp³-hybridized carbons (Fsp3) is 0.667. The number of aliphatic imine (C=N–C) groups is 1. The highest BCUT2D eigenvalue weighted by atomic mass is 19.4. The number of aliphatic hydroxyl groups excluding tert-OH is 1. The number of fused-ring (bicyclic) bond motifs is 1. The van der Waals surface area contributed by atoms with Crippen LogP contribution in [0.3, 0.4) is 0 Å². The number of carbonyl (C=O) groups is 2. The fourth-order valence-electron chi connectivity index (χ4n) is 5.09. The second-order valence-electron chi connectivity index (χ2n) is 11.1. The minimum Gasteiger partial charge on any atom is -0.406 e. The normalized spacial score (nSPS) is 19.4. The minimum absolute atomic E-state index is 0.0205. The van der Waals surface area contributed by atoms with Crippen molar-refractivity contribution in [2.45, 2.75) is 90.6 Å². The quantitative estimate of drug-likeness (QED) is 0.419. The topological polar surface area (TPSA) is 100 Å². The maximum Gasteiger partial charge on any atom is 0.573 e. The summed E-state index contributed by atoms with van der Waals surface area (Å²) in [6.07, 6.45) is 2.62. The number of halogens is 3. The van der Waals surface area contributed by atoms with Gasteiger partial charge in [0.15, 0.2) is 0 Å². The summed E-state index contributed by atoms with van der Waals surface area (Å²) in [7, 11) is 0. The number of hydrogen-bond acceptors (Lipinski definition) is 5. The van der Waals surface area contributed by atoms with Crippen LogP contribution in [0.1, 0.15) is 76.8 Å². The third-order valence-electron chi connectivity index (χ3n) is 6.92. The molecule has 1 fully saturated rings. The summed E-state index contributed by atoms with van der Waals surface area (Å²) in [4.78, 5) is 31.2. The molecule has 3 rings (SSSR count). The van der Waals surface area contributed by atoms with Crippen molar-refractivity contribution in [1.29, 1.82) is 0 Å². The number of nitrogens with zero attached hydrogens (tertiary/aromatic N) is 1. The molecule has 2 atom stereocenters. The smallest absolute Gasteiger partial charge is 0.406 e. The predicted octanol–water partition coefficient (Wildman–Crippen LogP) is 4.30. The fourth-order valence-corrected chi connectivity index (χ4v) is 5.09. The van der Waals surface area contributed by atoms with Crippen LogP contribution in [-0.4, -0.2) is 54.2 Å². The van der Waals surface area contributed by atoms with E-state index in [2.05, 4.69) is 15.4 Å². The van der Waals surface area contributed by atoms with Gasteiger partial charge in [0, 0.05) is 18.7 Å². The number of alkyl halides is 3. The summed E-state index contributed by atoms with van der Waals surface area (Å²) >= 11 is 0. The molecule has 2 aliphatic rings. The van der Waals surface area contributed by atoms with Crippen LogP contribution >= 0.6 is 0 Å². The lowest BCUT2D eigenvalue weighted by Gasteiger charge is -2.32. The summed E-state index contributed by atoms with van der Waals surface area (Å²) in [6.45, 7) is 5.60. The van der Waals surface area contributed by atoms with E-state index in [0.717, 1.165) is 24.8 Å². The number of hydrogen-bond donors (Lipinski definition) is 3. The van der Waals surface area contributed by atoms with Crippen molar-refractivity contribution in [3.8, 4) is 5.75 Å². The van der Waals surface area contributed by atoms with Gasteiger partial charge in [0.25, 0.3) is 5.91 Å². The van der Waals surface area contributed by atoms with E-state index in [9.17, 15) is 22.8 Å². The van der Waals surface area contributed by atoms with Gasteiger partial charge >= 0.3 is 6.36 Å². The summed E-state index contributed by atoms with van der Waals surface area (Å²) in [5.41, 5.74) is 0.384. The van der Waals surface area contributed by atoms with Crippen molar-refractivity contribution in [3.63, 3.8) is 0 Å². The first-order chi connectivity index (χ1) is 17.4. The zero-order valence-corrected chi connectivity index (χ0v) is 21.8. The number of benzene rings is 1. The van der Waals surface area contributed by atoms with Crippen LogP contribution in [0.4, 0.5) is 13.2 Å². The molecular weight excluding hydrogens is 487 g/mol. The third kappa shape index (κ3) is 8.45. The average Bonchev–Trinajstić information content (AvgIpc) is 2.81. The number of amides is 2. The molecule has 1 aromatic carbocycles. The van der Waals surface area contributed by atoms with Crippen LogP contribution in [0.25, 0.3) is 0 Å². The van der Waals surface area contributed by atoms with E-state index >= 15 is 0 Å². The van der Waals surface area contributed by atoms with Gasteiger partial charge in [-0.1, -0.05) is 58.9 Å². The Hall–Kier alpha value is -2.62. The monoisotopic (exact) mass is 525 g/mol. The Morgan fingerprint density at radius 3 is 2.49 bits per heavy atom.